The molecular formula is C22H17ClF3N3O4. The first-order valence-electron chi connectivity index (χ1n) is 9.38. The summed E-state index contributed by atoms with van der Waals surface area (Å²) in [5.41, 5.74) is 1.70. The van der Waals surface area contributed by atoms with Crippen LogP contribution in [0.15, 0.2) is 65.8 Å². The lowest BCUT2D eigenvalue weighted by Gasteiger charge is -2.12. The average molecular weight is 480 g/mol. The lowest BCUT2D eigenvalue weighted by Crippen LogP contribution is -2.06. The maximum Gasteiger partial charge on any atom is 0.416 e. The Labute approximate surface area is 191 Å². The number of hydrogen-bond acceptors (Lipinski definition) is 6. The molecule has 1 N–H and O–H groups in total. The third kappa shape index (κ3) is 6.13. The molecule has 0 atom stereocenters. The highest BCUT2D eigenvalue weighted by atomic mass is 35.5. The Hall–Kier alpha value is -3.79. The fourth-order valence-corrected chi connectivity index (χ4v) is 2.97. The van der Waals surface area contributed by atoms with Crippen molar-refractivity contribution < 1.29 is 27.6 Å². The summed E-state index contributed by atoms with van der Waals surface area (Å²) in [7, 11) is 1.46. The second-order valence-electron chi connectivity index (χ2n) is 6.65. The lowest BCUT2D eigenvalue weighted by atomic mass is 10.1. The van der Waals surface area contributed by atoms with E-state index in [0.29, 0.717) is 28.2 Å². The third-order valence-electron chi connectivity index (χ3n) is 4.45. The molecule has 0 unspecified atom stereocenters. The minimum atomic E-state index is -4.70. The van der Waals surface area contributed by atoms with Gasteiger partial charge in [0, 0.05) is 16.7 Å². The van der Waals surface area contributed by atoms with Crippen molar-refractivity contribution in [2.45, 2.75) is 12.8 Å². The highest BCUT2D eigenvalue weighted by Crippen LogP contribution is 2.35. The number of halogens is 4. The van der Waals surface area contributed by atoms with E-state index in [4.69, 9.17) is 21.1 Å². The maximum absolute atomic E-state index is 12.8. The van der Waals surface area contributed by atoms with Gasteiger partial charge in [0.2, 0.25) is 0 Å². The molecule has 0 spiro atoms. The van der Waals surface area contributed by atoms with Crippen molar-refractivity contribution in [3.05, 3.63) is 92.5 Å². The van der Waals surface area contributed by atoms with Crippen LogP contribution in [0.1, 0.15) is 16.7 Å². The largest absolute Gasteiger partial charge is 0.493 e. The summed E-state index contributed by atoms with van der Waals surface area (Å²) in [5.74, 6) is 0.868. The molecule has 0 heterocycles. The van der Waals surface area contributed by atoms with E-state index >= 15 is 0 Å². The van der Waals surface area contributed by atoms with Gasteiger partial charge in [-0.2, -0.15) is 18.3 Å². The zero-order valence-corrected chi connectivity index (χ0v) is 17.9. The summed E-state index contributed by atoms with van der Waals surface area (Å²) in [6.07, 6.45) is -3.36. The molecule has 7 nitrogen and oxygen atoms in total. The maximum atomic E-state index is 12.8. The average Bonchev–Trinajstić information content (AvgIpc) is 2.78. The number of alkyl halides is 3. The zero-order chi connectivity index (χ0) is 24.0. The number of hydrogen-bond donors (Lipinski definition) is 1. The Bertz CT molecular complexity index is 1190. The molecule has 0 fully saturated rings. The normalized spacial score (nSPS) is 11.4. The van der Waals surface area contributed by atoms with Gasteiger partial charge in [-0.05, 0) is 42.0 Å². The van der Waals surface area contributed by atoms with Crippen LogP contribution in [0.25, 0.3) is 0 Å². The SMILES string of the molecule is COc1cc(C=NNc2ccc(C(F)(F)F)cc2[N+](=O)[O-])ccc1OCc1ccccc1Cl. The number of rotatable bonds is 8. The number of benzene rings is 3. The van der Waals surface area contributed by atoms with Gasteiger partial charge in [-0.25, -0.2) is 0 Å². The molecule has 0 aliphatic rings. The van der Waals surface area contributed by atoms with Gasteiger partial charge in [0.05, 0.1) is 23.8 Å². The zero-order valence-electron chi connectivity index (χ0n) is 17.1. The van der Waals surface area contributed by atoms with Crippen LogP contribution < -0.4 is 14.9 Å². The van der Waals surface area contributed by atoms with Gasteiger partial charge < -0.3 is 9.47 Å². The minimum Gasteiger partial charge on any atom is -0.493 e. The van der Waals surface area contributed by atoms with Gasteiger partial charge >= 0.3 is 6.18 Å². The molecule has 0 amide bonds. The molecule has 0 aliphatic heterocycles. The Morgan fingerprint density at radius 2 is 1.88 bits per heavy atom. The second kappa shape index (κ2) is 10.2. The summed E-state index contributed by atoms with van der Waals surface area (Å²) in [6, 6.07) is 14.3. The number of nitrogens with zero attached hydrogens (tertiary/aromatic N) is 2. The van der Waals surface area contributed by atoms with Crippen molar-refractivity contribution in [1.82, 2.24) is 0 Å². The highest BCUT2D eigenvalue weighted by molar-refractivity contribution is 6.31. The van der Waals surface area contributed by atoms with Crippen LogP contribution in [0.4, 0.5) is 24.5 Å². The number of methoxy groups -OCH3 is 1. The third-order valence-corrected chi connectivity index (χ3v) is 4.82. The van der Waals surface area contributed by atoms with E-state index in [1.807, 2.05) is 18.2 Å². The molecule has 0 radical (unpaired) electrons. The fourth-order valence-electron chi connectivity index (χ4n) is 2.78. The van der Waals surface area contributed by atoms with Crippen LogP contribution in [0.5, 0.6) is 11.5 Å². The summed E-state index contributed by atoms with van der Waals surface area (Å²) in [4.78, 5) is 10.2. The first kappa shape index (κ1) is 23.9. The van der Waals surface area contributed by atoms with Crippen LogP contribution in [-0.2, 0) is 12.8 Å². The summed E-state index contributed by atoms with van der Waals surface area (Å²) < 4.78 is 49.5. The van der Waals surface area contributed by atoms with Gasteiger partial charge in [0.1, 0.15) is 12.3 Å². The van der Waals surface area contributed by atoms with E-state index < -0.39 is 22.4 Å². The predicted octanol–water partition coefficient (Wildman–Crippen LogP) is 6.30. The van der Waals surface area contributed by atoms with E-state index in [1.165, 1.54) is 13.3 Å². The van der Waals surface area contributed by atoms with Gasteiger partial charge in [0.15, 0.2) is 11.5 Å². The predicted molar refractivity (Wildman–Crippen MR) is 118 cm³/mol. The molecule has 33 heavy (non-hydrogen) atoms. The van der Waals surface area contributed by atoms with Gasteiger partial charge in [-0.3, -0.25) is 15.5 Å². The van der Waals surface area contributed by atoms with E-state index in [2.05, 4.69) is 10.5 Å². The second-order valence-corrected chi connectivity index (χ2v) is 7.05. The fraction of sp³-hybridized carbons (Fsp3) is 0.136. The monoisotopic (exact) mass is 479 g/mol. The summed E-state index contributed by atoms with van der Waals surface area (Å²) >= 11 is 6.13. The Kier molecular flexibility index (Phi) is 7.39. The van der Waals surface area contributed by atoms with Crippen LogP contribution in [0, 0.1) is 10.1 Å². The molecule has 0 aliphatic carbocycles. The van der Waals surface area contributed by atoms with Crippen molar-refractivity contribution >= 4 is 29.2 Å². The van der Waals surface area contributed by atoms with Crippen LogP contribution in [-0.4, -0.2) is 18.2 Å². The smallest absolute Gasteiger partial charge is 0.416 e. The first-order valence-corrected chi connectivity index (χ1v) is 9.76. The van der Waals surface area contributed by atoms with Crippen LogP contribution in [0.2, 0.25) is 5.02 Å². The Balaban J connectivity index is 1.73. The van der Waals surface area contributed by atoms with Gasteiger partial charge in [0.25, 0.3) is 5.69 Å². The van der Waals surface area contributed by atoms with Crippen molar-refractivity contribution in [3.8, 4) is 11.5 Å². The van der Waals surface area contributed by atoms with Crippen molar-refractivity contribution in [2.24, 2.45) is 5.10 Å². The molecule has 3 aromatic carbocycles. The number of nitrogens with one attached hydrogen (secondary N) is 1. The van der Waals surface area contributed by atoms with Crippen molar-refractivity contribution in [3.63, 3.8) is 0 Å². The van der Waals surface area contributed by atoms with Gasteiger partial charge in [-0.1, -0.05) is 29.8 Å². The summed E-state index contributed by atoms with van der Waals surface area (Å²) in [6.45, 7) is 0.225. The Morgan fingerprint density at radius 3 is 2.55 bits per heavy atom. The van der Waals surface area contributed by atoms with E-state index in [0.717, 1.165) is 17.7 Å². The van der Waals surface area contributed by atoms with E-state index in [1.54, 1.807) is 24.3 Å². The van der Waals surface area contributed by atoms with Crippen molar-refractivity contribution in [2.75, 3.05) is 12.5 Å². The molecule has 0 saturated heterocycles. The first-order chi connectivity index (χ1) is 15.7. The molecule has 0 bridgehead atoms. The van der Waals surface area contributed by atoms with Gasteiger partial charge in [-0.15, -0.1) is 0 Å². The number of nitro groups is 1. The van der Waals surface area contributed by atoms with Crippen molar-refractivity contribution in [1.29, 1.82) is 0 Å². The molecule has 11 heteroatoms. The molecule has 3 aromatic rings. The lowest BCUT2D eigenvalue weighted by molar-refractivity contribution is -0.384. The molecule has 3 rings (SSSR count). The molecule has 0 saturated carbocycles. The van der Waals surface area contributed by atoms with E-state index in [-0.39, 0.29) is 12.3 Å². The number of hydrazone groups is 1. The van der Waals surface area contributed by atoms with Crippen LogP contribution >= 0.6 is 11.6 Å². The number of nitro benzene ring substituents is 1. The number of anilines is 1. The highest BCUT2D eigenvalue weighted by Gasteiger charge is 2.33. The Morgan fingerprint density at radius 1 is 1.12 bits per heavy atom. The number of ether oxygens (including phenoxy) is 2. The van der Waals surface area contributed by atoms with Crippen LogP contribution in [0.3, 0.4) is 0 Å². The molecule has 172 valence electrons. The minimum absolute atomic E-state index is 0.184. The summed E-state index contributed by atoms with van der Waals surface area (Å²) in [5, 5.41) is 15.6. The molecule has 0 aromatic heterocycles. The quantitative estimate of drug-likeness (QED) is 0.233. The standard InChI is InChI=1S/C22H17ClF3N3O4/c1-32-21-10-14(6-9-20(21)33-13-15-4-2-3-5-17(15)23)12-27-28-18-8-7-16(22(24,25)26)11-19(18)29(30)31/h2-12,28H,13H2,1H3. The molecular weight excluding hydrogens is 463 g/mol. The topological polar surface area (TPSA) is 86.0 Å². The van der Waals surface area contributed by atoms with E-state index in [9.17, 15) is 23.3 Å².